The number of hydrogen-bond acceptors (Lipinski definition) is 9. The Bertz CT molecular complexity index is 811. The third kappa shape index (κ3) is 4.00. The van der Waals surface area contributed by atoms with Gasteiger partial charge in [-0.2, -0.15) is 27.7 Å². The van der Waals surface area contributed by atoms with Crippen LogP contribution in [0.3, 0.4) is 0 Å². The first kappa shape index (κ1) is 21.0. The lowest BCUT2D eigenvalue weighted by atomic mass is 10.1. The molecule has 156 valence electrons. The van der Waals surface area contributed by atoms with Crippen molar-refractivity contribution >= 4 is 20.0 Å². The summed E-state index contributed by atoms with van der Waals surface area (Å²) in [7, 11) is -4.11. The van der Waals surface area contributed by atoms with Crippen molar-refractivity contribution in [3.05, 3.63) is 22.7 Å². The smallest absolute Gasteiger partial charge is 0.481 e. The van der Waals surface area contributed by atoms with Gasteiger partial charge in [0.05, 0.1) is 5.92 Å². The number of carboxylic acid groups (broad SMARTS) is 1. The van der Waals surface area contributed by atoms with Crippen LogP contribution in [0.15, 0.2) is 17.1 Å². The van der Waals surface area contributed by atoms with E-state index in [0.29, 0.717) is 4.57 Å². The average Bonchev–Trinajstić information content (AvgIpc) is 2.85. The Labute approximate surface area is 157 Å². The highest BCUT2D eigenvalue weighted by Crippen LogP contribution is 2.65. The molecule has 1 aromatic heterocycles. The highest BCUT2D eigenvalue weighted by Gasteiger charge is 2.70. The largest absolute Gasteiger partial charge is 0.573 e. The number of ether oxygens (including phenoxy) is 1. The lowest BCUT2D eigenvalue weighted by molar-refractivity contribution is -0.143. The van der Waals surface area contributed by atoms with Gasteiger partial charge in [-0.25, -0.2) is 4.79 Å². The number of hydrogen-bond donors (Lipinski definition) is 3. The summed E-state index contributed by atoms with van der Waals surface area (Å²) in [5, 5.41) is 8.82. The quantitative estimate of drug-likeness (QED) is 0.550. The van der Waals surface area contributed by atoms with Gasteiger partial charge in [0.2, 0.25) is 12.3 Å². The molecule has 2 aliphatic heterocycles. The molecule has 0 bridgehead atoms. The second kappa shape index (κ2) is 7.58. The summed E-state index contributed by atoms with van der Waals surface area (Å²) in [6.07, 6.45) is -4.21. The molecule has 2 saturated heterocycles. The first-order valence-corrected chi connectivity index (χ1v) is 9.73. The van der Waals surface area contributed by atoms with E-state index in [0.717, 1.165) is 12.3 Å². The number of nitrogens with two attached hydrogens (primary N) is 1. The van der Waals surface area contributed by atoms with Crippen molar-refractivity contribution < 1.29 is 41.9 Å². The summed E-state index contributed by atoms with van der Waals surface area (Å²) in [6, 6.07) is 1.16. The number of fused-ring (bicyclic) bond motifs is 1. The number of rotatable bonds is 6. The third-order valence-electron chi connectivity index (χ3n) is 4.33. The van der Waals surface area contributed by atoms with E-state index in [1.807, 2.05) is 0 Å². The normalized spacial score (nSPS) is 32.6. The van der Waals surface area contributed by atoms with Gasteiger partial charge < -0.3 is 15.6 Å². The van der Waals surface area contributed by atoms with E-state index in [1.165, 1.54) is 6.92 Å². The van der Waals surface area contributed by atoms with E-state index < -0.39 is 56.7 Å². The molecule has 2 aliphatic rings. The number of halogens is 2. The van der Waals surface area contributed by atoms with Crippen LogP contribution in [0.1, 0.15) is 19.6 Å². The van der Waals surface area contributed by atoms with E-state index in [2.05, 4.69) is 4.98 Å². The van der Waals surface area contributed by atoms with E-state index in [1.54, 1.807) is 0 Å². The van der Waals surface area contributed by atoms with Gasteiger partial charge in [0.15, 0.2) is 0 Å². The summed E-state index contributed by atoms with van der Waals surface area (Å²) in [4.78, 5) is 36.3. The van der Waals surface area contributed by atoms with Crippen LogP contribution >= 0.6 is 8.17 Å². The maximum Gasteiger partial charge on any atom is 0.573 e. The molecule has 0 radical (unpaired) electrons. The minimum Gasteiger partial charge on any atom is -0.481 e. The molecule has 0 saturated carbocycles. The van der Waals surface area contributed by atoms with Gasteiger partial charge in [-0.05, 0) is 12.5 Å². The molecule has 2 fully saturated rings. The van der Waals surface area contributed by atoms with Crippen molar-refractivity contribution in [2.75, 3.05) is 18.9 Å². The molecule has 0 aromatic carbocycles. The Morgan fingerprint density at radius 1 is 1.61 bits per heavy atom. The van der Waals surface area contributed by atoms with Crippen LogP contribution in [0.4, 0.5) is 14.6 Å². The topological polar surface area (TPSA) is 155 Å². The number of anilines is 1. The standard InChI is InChI=1S/C14H18F2N3O8P/c1-7(11(20)21)3-5-24-28(23)25-6-8-10(27-28)14(15,16)12(26-8)19-4-2-9(17)18-13(19)22/h2,4,7-8,10,12,23H,3,5-6H2,1H3,(H2-,17,18,20,21,22)/p+1/t7-,8+,10+,12+,28?/m0/s1. The van der Waals surface area contributed by atoms with Gasteiger partial charge in [0.25, 0.3) is 0 Å². The monoisotopic (exact) mass is 426 g/mol. The maximum atomic E-state index is 14.9. The fourth-order valence-electron chi connectivity index (χ4n) is 2.71. The minimum atomic E-state index is -4.11. The number of carbonyl (C=O) groups is 1. The van der Waals surface area contributed by atoms with Crippen LogP contribution in [0.2, 0.25) is 0 Å². The van der Waals surface area contributed by atoms with Crippen LogP contribution in [-0.2, 0) is 23.1 Å². The molecule has 3 heterocycles. The Morgan fingerprint density at radius 2 is 2.32 bits per heavy atom. The first-order valence-electron chi connectivity index (χ1n) is 8.23. The molecular formula is C14H19F2N3O8P+. The molecule has 28 heavy (non-hydrogen) atoms. The number of nitrogen functional groups attached to an aromatic ring is 1. The summed E-state index contributed by atoms with van der Waals surface area (Å²) in [5.74, 6) is -5.69. The number of alkyl halides is 2. The summed E-state index contributed by atoms with van der Waals surface area (Å²) in [6.45, 7) is 0.688. The van der Waals surface area contributed by atoms with E-state index in [9.17, 15) is 23.3 Å². The first-order chi connectivity index (χ1) is 13.0. The molecule has 0 aliphatic carbocycles. The SMILES string of the molecule is C[C@@H](CCO[P+]1(O)OC[C@H]2O[C@@H](n3ccc(N)nc3=O)C(F)(F)[C@@H]2O1)C(=O)O. The molecule has 3 rings (SSSR count). The highest BCUT2D eigenvalue weighted by atomic mass is 31.2. The van der Waals surface area contributed by atoms with Crippen LogP contribution in [0.25, 0.3) is 0 Å². The van der Waals surface area contributed by atoms with Crippen molar-refractivity contribution in [1.82, 2.24) is 9.55 Å². The van der Waals surface area contributed by atoms with Gasteiger partial charge >= 0.3 is 25.8 Å². The second-order valence-corrected chi connectivity index (χ2v) is 8.06. The van der Waals surface area contributed by atoms with Gasteiger partial charge in [-0.1, -0.05) is 6.92 Å². The average molecular weight is 426 g/mol. The van der Waals surface area contributed by atoms with Crippen LogP contribution in [0, 0.1) is 5.92 Å². The van der Waals surface area contributed by atoms with Crippen molar-refractivity contribution in [3.63, 3.8) is 0 Å². The zero-order chi connectivity index (χ0) is 20.7. The van der Waals surface area contributed by atoms with Gasteiger partial charge in [-0.3, -0.25) is 9.36 Å². The van der Waals surface area contributed by atoms with Gasteiger partial charge in [0, 0.05) is 6.20 Å². The zero-order valence-electron chi connectivity index (χ0n) is 14.6. The van der Waals surface area contributed by atoms with Crippen LogP contribution < -0.4 is 11.4 Å². The van der Waals surface area contributed by atoms with Crippen molar-refractivity contribution in [3.8, 4) is 0 Å². The zero-order valence-corrected chi connectivity index (χ0v) is 15.5. The summed E-state index contributed by atoms with van der Waals surface area (Å²) < 4.78 is 50.6. The molecule has 14 heteroatoms. The second-order valence-electron chi connectivity index (χ2n) is 6.40. The molecule has 1 unspecified atom stereocenters. The summed E-state index contributed by atoms with van der Waals surface area (Å²) >= 11 is 0. The Kier molecular flexibility index (Phi) is 5.67. The van der Waals surface area contributed by atoms with Crippen LogP contribution in [0.5, 0.6) is 0 Å². The Balaban J connectivity index is 1.72. The van der Waals surface area contributed by atoms with E-state index >= 15 is 0 Å². The summed E-state index contributed by atoms with van der Waals surface area (Å²) in [5.41, 5.74) is 4.32. The molecular weight excluding hydrogens is 407 g/mol. The fourth-order valence-corrected chi connectivity index (χ4v) is 4.14. The number of aliphatic carboxylic acids is 1. The number of aromatic nitrogens is 2. The molecule has 5 atom stereocenters. The predicted octanol–water partition coefficient (Wildman–Crippen LogP) is 0.571. The van der Waals surface area contributed by atoms with E-state index in [4.69, 9.17) is 29.1 Å². The molecule has 11 nitrogen and oxygen atoms in total. The Hall–Kier alpha value is -1.76. The Morgan fingerprint density at radius 3 is 2.96 bits per heavy atom. The third-order valence-corrected chi connectivity index (χ3v) is 5.81. The fraction of sp³-hybridized carbons (Fsp3) is 0.643. The number of nitrogens with zero attached hydrogens (tertiary/aromatic N) is 2. The molecule has 4 N–H and O–H groups in total. The minimum absolute atomic E-state index is 0.0144. The van der Waals surface area contributed by atoms with Gasteiger partial charge in [-0.15, -0.1) is 4.52 Å². The maximum absolute atomic E-state index is 14.9. The van der Waals surface area contributed by atoms with Crippen molar-refractivity contribution in [2.24, 2.45) is 5.92 Å². The highest BCUT2D eigenvalue weighted by molar-refractivity contribution is 7.55. The lowest BCUT2D eigenvalue weighted by Crippen LogP contribution is -2.46. The van der Waals surface area contributed by atoms with Crippen LogP contribution in [-0.4, -0.2) is 56.9 Å². The van der Waals surface area contributed by atoms with Crippen molar-refractivity contribution in [2.45, 2.75) is 37.7 Å². The van der Waals surface area contributed by atoms with Gasteiger partial charge in [0.1, 0.15) is 25.1 Å². The lowest BCUT2D eigenvalue weighted by Gasteiger charge is -2.28. The van der Waals surface area contributed by atoms with E-state index in [-0.39, 0.29) is 18.8 Å². The molecule has 0 amide bonds. The molecule has 1 aromatic rings. The number of carboxylic acids is 1. The molecule has 0 spiro atoms. The van der Waals surface area contributed by atoms with Crippen molar-refractivity contribution in [1.29, 1.82) is 0 Å². The predicted molar refractivity (Wildman–Crippen MR) is 89.1 cm³/mol.